The van der Waals surface area contributed by atoms with Crippen LogP contribution in [0, 0.1) is 0 Å². The largest absolute Gasteiger partial charge is 0.455 e. The van der Waals surface area contributed by atoms with Gasteiger partial charge >= 0.3 is 0 Å². The van der Waals surface area contributed by atoms with Gasteiger partial charge in [-0.05, 0) is 98.8 Å². The Kier molecular flexibility index (Phi) is 8.39. The van der Waals surface area contributed by atoms with E-state index in [2.05, 4.69) is 217 Å². The van der Waals surface area contributed by atoms with E-state index in [0.29, 0.717) is 0 Å². The molecule has 0 N–H and O–H groups in total. The van der Waals surface area contributed by atoms with E-state index in [1.165, 1.54) is 64.3 Å². The molecule has 0 atom stereocenters. The number of hydrogen-bond donors (Lipinski definition) is 0. The minimum atomic E-state index is 0.904. The third-order valence-electron chi connectivity index (χ3n) is 12.1. The molecule has 0 radical (unpaired) electrons. The molecule has 0 amide bonds. The Morgan fingerprint density at radius 1 is 0.328 bits per heavy atom. The molecule has 0 unspecified atom stereocenters. The molecule has 12 aromatic rings. The predicted octanol–water partition coefficient (Wildman–Crippen LogP) is 17.2. The molecular formula is C58H37NOS. The highest BCUT2D eigenvalue weighted by molar-refractivity contribution is 7.25. The lowest BCUT2D eigenvalue weighted by Gasteiger charge is -2.28. The predicted molar refractivity (Wildman–Crippen MR) is 261 cm³/mol. The molecule has 2 heterocycles. The van der Waals surface area contributed by atoms with Crippen molar-refractivity contribution in [3.8, 4) is 44.5 Å². The number of hydrogen-bond acceptors (Lipinski definition) is 3. The molecule has 3 heteroatoms. The number of anilines is 3. The summed E-state index contributed by atoms with van der Waals surface area (Å²) in [5.41, 5.74) is 14.4. The second-order valence-electron chi connectivity index (χ2n) is 15.6. The molecule has 0 aliphatic carbocycles. The van der Waals surface area contributed by atoms with Crippen molar-refractivity contribution in [1.82, 2.24) is 0 Å². The molecule has 12 rings (SSSR count). The van der Waals surface area contributed by atoms with Gasteiger partial charge in [-0.3, -0.25) is 0 Å². The molecular weight excluding hydrogens is 759 g/mol. The standard InChI is InChI=1S/C58H37NOS/c1-2-13-41-36-42(25-24-38(41)12-1)47-15-4-3-14-46(47)39-26-31-44(32-27-39)59(45-33-28-40(29-34-45)49-19-11-20-53-50-17-6-9-22-55(50)60-58(49)53)54-21-8-5-16-48(54)43-30-35-52-51-18-7-10-23-56(51)61-57(52)37-43/h1-37H. The highest BCUT2D eigenvalue weighted by atomic mass is 32.1. The number of furan rings is 1. The fraction of sp³-hybridized carbons (Fsp3) is 0. The van der Waals surface area contributed by atoms with Crippen molar-refractivity contribution in [3.05, 3.63) is 224 Å². The fourth-order valence-corrected chi connectivity index (χ4v) is 10.3. The van der Waals surface area contributed by atoms with Gasteiger partial charge in [-0.1, -0.05) is 170 Å². The van der Waals surface area contributed by atoms with Gasteiger partial charge in [-0.2, -0.15) is 0 Å². The van der Waals surface area contributed by atoms with E-state index in [9.17, 15) is 0 Å². The molecule has 0 saturated heterocycles. The van der Waals surface area contributed by atoms with Crippen molar-refractivity contribution in [3.63, 3.8) is 0 Å². The highest BCUT2D eigenvalue weighted by Crippen LogP contribution is 2.45. The van der Waals surface area contributed by atoms with Gasteiger partial charge in [0.05, 0.1) is 5.69 Å². The van der Waals surface area contributed by atoms with Crippen LogP contribution >= 0.6 is 11.3 Å². The van der Waals surface area contributed by atoms with Gasteiger partial charge in [-0.25, -0.2) is 0 Å². The first-order valence-electron chi connectivity index (χ1n) is 20.7. The maximum absolute atomic E-state index is 6.46. The topological polar surface area (TPSA) is 16.4 Å². The SMILES string of the molecule is c1ccc(-c2ccc3ccccc3c2)c(-c2ccc(N(c3ccc(-c4cccc5c4oc4ccccc45)cc3)c3ccccc3-c3ccc4c(c3)sc3ccccc34)cc2)c1. The van der Waals surface area contributed by atoms with Gasteiger partial charge in [0.15, 0.2) is 0 Å². The maximum atomic E-state index is 6.46. The van der Waals surface area contributed by atoms with E-state index >= 15 is 0 Å². The van der Waals surface area contributed by atoms with Gasteiger partial charge in [0.1, 0.15) is 11.2 Å². The van der Waals surface area contributed by atoms with Crippen LogP contribution in [0.15, 0.2) is 229 Å². The molecule has 2 nitrogen and oxygen atoms in total. The number of thiophene rings is 1. The van der Waals surface area contributed by atoms with Crippen molar-refractivity contribution in [2.45, 2.75) is 0 Å². The van der Waals surface area contributed by atoms with Crippen LogP contribution < -0.4 is 4.90 Å². The number of nitrogens with zero attached hydrogens (tertiary/aromatic N) is 1. The van der Waals surface area contributed by atoms with Crippen molar-refractivity contribution in [1.29, 1.82) is 0 Å². The molecule has 61 heavy (non-hydrogen) atoms. The minimum absolute atomic E-state index is 0.904. The lowest BCUT2D eigenvalue weighted by molar-refractivity contribution is 0.670. The Balaban J connectivity index is 0.982. The molecule has 286 valence electrons. The first kappa shape index (κ1) is 35.2. The molecule has 0 aliphatic rings. The summed E-state index contributed by atoms with van der Waals surface area (Å²) in [6.45, 7) is 0. The van der Waals surface area contributed by atoms with Crippen LogP contribution in [0.5, 0.6) is 0 Å². The number of fused-ring (bicyclic) bond motifs is 7. The zero-order chi connectivity index (χ0) is 40.3. The van der Waals surface area contributed by atoms with Crippen molar-refractivity contribution >= 4 is 81.3 Å². The lowest BCUT2D eigenvalue weighted by atomic mass is 9.93. The number of rotatable bonds is 7. The van der Waals surface area contributed by atoms with Gasteiger partial charge in [0.25, 0.3) is 0 Å². The van der Waals surface area contributed by atoms with E-state index < -0.39 is 0 Å². The van der Waals surface area contributed by atoms with E-state index in [1.54, 1.807) is 0 Å². The van der Waals surface area contributed by atoms with Crippen molar-refractivity contribution in [2.75, 3.05) is 4.90 Å². The average Bonchev–Trinajstić information content (AvgIpc) is 3.90. The Bertz CT molecular complexity index is 3590. The average molecular weight is 796 g/mol. The zero-order valence-corrected chi connectivity index (χ0v) is 33.9. The van der Waals surface area contributed by atoms with Crippen molar-refractivity contribution in [2.24, 2.45) is 0 Å². The smallest absolute Gasteiger partial charge is 0.143 e. The highest BCUT2D eigenvalue weighted by Gasteiger charge is 2.20. The van der Waals surface area contributed by atoms with E-state index in [1.807, 2.05) is 23.5 Å². The van der Waals surface area contributed by atoms with E-state index in [-0.39, 0.29) is 0 Å². The second kappa shape index (κ2) is 14.5. The maximum Gasteiger partial charge on any atom is 0.143 e. The summed E-state index contributed by atoms with van der Waals surface area (Å²) in [7, 11) is 0. The molecule has 0 saturated carbocycles. The lowest BCUT2D eigenvalue weighted by Crippen LogP contribution is -2.11. The van der Waals surface area contributed by atoms with Crippen LogP contribution in [-0.2, 0) is 0 Å². The van der Waals surface area contributed by atoms with Crippen LogP contribution in [0.25, 0.3) is 97.4 Å². The third-order valence-corrected chi connectivity index (χ3v) is 13.2. The molecule has 0 fully saturated rings. The van der Waals surface area contributed by atoms with Crippen molar-refractivity contribution < 1.29 is 4.42 Å². The molecule has 0 aliphatic heterocycles. The van der Waals surface area contributed by atoms with Gasteiger partial charge < -0.3 is 9.32 Å². The Hall–Kier alpha value is -7.72. The summed E-state index contributed by atoms with van der Waals surface area (Å²) in [5, 5.41) is 7.36. The first-order chi connectivity index (χ1) is 30.2. The fourth-order valence-electron chi connectivity index (χ4n) is 9.13. The monoisotopic (exact) mass is 795 g/mol. The summed E-state index contributed by atoms with van der Waals surface area (Å²) in [6.07, 6.45) is 0. The van der Waals surface area contributed by atoms with E-state index in [4.69, 9.17) is 4.42 Å². The zero-order valence-electron chi connectivity index (χ0n) is 33.1. The quantitative estimate of drug-likeness (QED) is 0.160. The van der Waals surface area contributed by atoms with Crippen LogP contribution in [0.4, 0.5) is 17.1 Å². The van der Waals surface area contributed by atoms with Gasteiger partial charge in [0, 0.05) is 53.4 Å². The second-order valence-corrected chi connectivity index (χ2v) is 16.7. The van der Waals surface area contributed by atoms with Crippen LogP contribution in [0.3, 0.4) is 0 Å². The normalized spacial score (nSPS) is 11.6. The summed E-state index contributed by atoms with van der Waals surface area (Å²) >= 11 is 1.86. The molecule has 2 aromatic heterocycles. The van der Waals surface area contributed by atoms with Crippen LogP contribution in [0.1, 0.15) is 0 Å². The summed E-state index contributed by atoms with van der Waals surface area (Å²) < 4.78 is 9.06. The van der Waals surface area contributed by atoms with Gasteiger partial charge in [-0.15, -0.1) is 11.3 Å². The number of benzene rings is 10. The number of para-hydroxylation sites is 3. The summed E-state index contributed by atoms with van der Waals surface area (Å²) in [6, 6.07) is 81.2. The van der Waals surface area contributed by atoms with Gasteiger partial charge in [0.2, 0.25) is 0 Å². The van der Waals surface area contributed by atoms with E-state index in [0.717, 1.165) is 50.1 Å². The Morgan fingerprint density at radius 2 is 0.869 bits per heavy atom. The third kappa shape index (κ3) is 6.09. The Labute approximate surface area is 357 Å². The summed E-state index contributed by atoms with van der Waals surface area (Å²) in [4.78, 5) is 2.40. The first-order valence-corrected chi connectivity index (χ1v) is 21.6. The molecule has 0 bridgehead atoms. The van der Waals surface area contributed by atoms with Crippen LogP contribution in [0.2, 0.25) is 0 Å². The minimum Gasteiger partial charge on any atom is -0.455 e. The Morgan fingerprint density at radius 3 is 1.67 bits per heavy atom. The molecule has 0 spiro atoms. The summed E-state index contributed by atoms with van der Waals surface area (Å²) in [5.74, 6) is 0. The van der Waals surface area contributed by atoms with Crippen LogP contribution in [-0.4, -0.2) is 0 Å². The molecule has 10 aromatic carbocycles.